The number of unbranched alkanes of at least 4 members (excludes halogenated alkanes) is 1. The van der Waals surface area contributed by atoms with E-state index in [1.165, 1.54) is 48.5 Å². The van der Waals surface area contributed by atoms with Gasteiger partial charge in [0, 0.05) is 30.1 Å². The summed E-state index contributed by atoms with van der Waals surface area (Å²) in [5, 5.41) is 22.4. The van der Waals surface area contributed by atoms with Crippen molar-refractivity contribution < 1.29 is 42.1 Å². The molecule has 0 saturated heterocycles. The van der Waals surface area contributed by atoms with Crippen LogP contribution in [0.3, 0.4) is 0 Å². The highest BCUT2D eigenvalue weighted by Crippen LogP contribution is 2.35. The summed E-state index contributed by atoms with van der Waals surface area (Å²) >= 11 is 0. The number of ether oxygens (including phenoxy) is 1. The summed E-state index contributed by atoms with van der Waals surface area (Å²) in [5.41, 5.74) is 0.265. The molecule has 0 aliphatic heterocycles. The third kappa shape index (κ3) is 6.75. The van der Waals surface area contributed by atoms with E-state index >= 15 is 0 Å². The number of hydrogen-bond donors (Lipinski definition) is 3. The molecule has 0 fully saturated rings. The predicted octanol–water partition coefficient (Wildman–Crippen LogP) is 8.11. The van der Waals surface area contributed by atoms with Gasteiger partial charge >= 0.3 is 11.9 Å². The average Bonchev–Trinajstić information content (AvgIpc) is 2.94. The minimum absolute atomic E-state index is 0.0609. The van der Waals surface area contributed by atoms with E-state index < -0.39 is 35.2 Å². The van der Waals surface area contributed by atoms with Gasteiger partial charge in [-0.25, -0.2) is 27.2 Å². The minimum Gasteiger partial charge on any atom is -0.478 e. The van der Waals surface area contributed by atoms with Crippen LogP contribution in [0.15, 0.2) is 72.8 Å². The number of aromatic carboxylic acids is 2. The molecule has 0 spiro atoms. The van der Waals surface area contributed by atoms with Gasteiger partial charge in [0.25, 0.3) is 0 Å². The van der Waals surface area contributed by atoms with Crippen LogP contribution in [0.25, 0.3) is 0 Å². The van der Waals surface area contributed by atoms with Crippen LogP contribution in [0.4, 0.5) is 40.3 Å². The van der Waals surface area contributed by atoms with Gasteiger partial charge in [0.15, 0.2) is 23.3 Å². The second kappa shape index (κ2) is 12.4. The smallest absolute Gasteiger partial charge is 0.337 e. The van der Waals surface area contributed by atoms with Crippen molar-refractivity contribution in [3.63, 3.8) is 0 Å². The van der Waals surface area contributed by atoms with E-state index in [2.05, 4.69) is 5.32 Å². The molecule has 0 heterocycles. The van der Waals surface area contributed by atoms with Crippen molar-refractivity contribution in [3.8, 4) is 11.5 Å². The maximum absolute atomic E-state index is 14.0. The van der Waals surface area contributed by atoms with E-state index in [9.17, 15) is 37.4 Å². The van der Waals surface area contributed by atoms with E-state index in [4.69, 9.17) is 4.74 Å². The summed E-state index contributed by atoms with van der Waals surface area (Å²) in [6, 6.07) is 14.5. The zero-order valence-electron chi connectivity index (χ0n) is 21.6. The Bertz CT molecular complexity index is 1610. The predicted molar refractivity (Wildman–Crippen MR) is 145 cm³/mol. The Labute approximate surface area is 232 Å². The monoisotopic (exact) mass is 568 g/mol. The first kappa shape index (κ1) is 28.9. The lowest BCUT2D eigenvalue weighted by atomic mass is 10.1. The van der Waals surface area contributed by atoms with Gasteiger partial charge in [-0.1, -0.05) is 13.3 Å². The average molecular weight is 569 g/mol. The third-order valence-electron chi connectivity index (χ3n) is 6.10. The molecule has 4 aromatic rings. The molecule has 11 heteroatoms. The molecule has 0 radical (unpaired) electrons. The highest BCUT2D eigenvalue weighted by molar-refractivity contribution is 5.97. The van der Waals surface area contributed by atoms with Gasteiger partial charge in [0.05, 0.1) is 22.5 Å². The van der Waals surface area contributed by atoms with Crippen molar-refractivity contribution in [2.75, 3.05) is 16.8 Å². The fourth-order valence-corrected chi connectivity index (χ4v) is 4.08. The molecule has 7 nitrogen and oxygen atoms in total. The van der Waals surface area contributed by atoms with Crippen molar-refractivity contribution in [3.05, 3.63) is 107 Å². The third-order valence-corrected chi connectivity index (χ3v) is 6.10. The molecule has 4 aromatic carbocycles. The molecule has 0 atom stereocenters. The SMILES string of the molecule is CCCCN(c1ccc(F)c(F)c1)c1ccc(Oc2ccc(Nc3ccc(F)c(F)c3)c(C(=O)O)c2)cc1C(=O)O. The number of halogens is 4. The molecule has 0 aliphatic carbocycles. The van der Waals surface area contributed by atoms with Gasteiger partial charge in [0.2, 0.25) is 0 Å². The quantitative estimate of drug-likeness (QED) is 0.157. The highest BCUT2D eigenvalue weighted by atomic mass is 19.2. The molecule has 0 unspecified atom stereocenters. The maximum Gasteiger partial charge on any atom is 0.337 e. The first-order valence-corrected chi connectivity index (χ1v) is 12.4. The van der Waals surface area contributed by atoms with Crippen LogP contribution in [0.2, 0.25) is 0 Å². The summed E-state index contributed by atoms with van der Waals surface area (Å²) in [4.78, 5) is 25.7. The van der Waals surface area contributed by atoms with Crippen LogP contribution in [0, 0.1) is 23.3 Å². The van der Waals surface area contributed by atoms with Gasteiger partial charge in [-0.05, 0) is 67.1 Å². The maximum atomic E-state index is 14.0. The summed E-state index contributed by atoms with van der Waals surface area (Å²) in [5.74, 6) is -6.76. The van der Waals surface area contributed by atoms with Crippen molar-refractivity contribution in [1.29, 1.82) is 0 Å². The number of nitrogens with one attached hydrogen (secondary N) is 1. The zero-order chi connectivity index (χ0) is 29.7. The molecule has 0 aliphatic rings. The molecule has 212 valence electrons. The van der Waals surface area contributed by atoms with E-state index in [-0.39, 0.29) is 45.4 Å². The second-order valence-electron chi connectivity index (χ2n) is 8.96. The van der Waals surface area contributed by atoms with Gasteiger partial charge < -0.3 is 25.2 Å². The Balaban J connectivity index is 1.65. The summed E-state index contributed by atoms with van der Waals surface area (Å²) in [7, 11) is 0. The Morgan fingerprint density at radius 1 is 0.756 bits per heavy atom. The molecule has 3 N–H and O–H groups in total. The lowest BCUT2D eigenvalue weighted by Crippen LogP contribution is -2.21. The second-order valence-corrected chi connectivity index (χ2v) is 8.96. The fourth-order valence-electron chi connectivity index (χ4n) is 4.08. The molecular formula is C30H24F4N2O5. The normalized spacial score (nSPS) is 10.8. The largest absolute Gasteiger partial charge is 0.478 e. The van der Waals surface area contributed by atoms with E-state index in [0.717, 1.165) is 30.7 Å². The lowest BCUT2D eigenvalue weighted by molar-refractivity contribution is 0.0687. The van der Waals surface area contributed by atoms with Crippen LogP contribution >= 0.6 is 0 Å². The fraction of sp³-hybridized carbons (Fsp3) is 0.133. The number of hydrogen-bond acceptors (Lipinski definition) is 5. The van der Waals surface area contributed by atoms with Crippen LogP contribution in [-0.2, 0) is 0 Å². The Morgan fingerprint density at radius 2 is 1.37 bits per heavy atom. The summed E-state index contributed by atoms with van der Waals surface area (Å²) < 4.78 is 60.1. The molecule has 41 heavy (non-hydrogen) atoms. The molecule has 0 saturated carbocycles. The van der Waals surface area contributed by atoms with Crippen LogP contribution < -0.4 is 15.0 Å². The van der Waals surface area contributed by atoms with E-state index in [1.807, 2.05) is 6.92 Å². The van der Waals surface area contributed by atoms with E-state index in [0.29, 0.717) is 13.0 Å². The Morgan fingerprint density at radius 3 is 1.98 bits per heavy atom. The van der Waals surface area contributed by atoms with Crippen molar-refractivity contribution in [2.24, 2.45) is 0 Å². The molecule has 4 rings (SSSR count). The van der Waals surface area contributed by atoms with Crippen molar-refractivity contribution in [2.45, 2.75) is 19.8 Å². The van der Waals surface area contributed by atoms with E-state index in [1.54, 1.807) is 4.90 Å². The van der Waals surface area contributed by atoms with Crippen molar-refractivity contribution >= 4 is 34.7 Å². The van der Waals surface area contributed by atoms with Gasteiger partial charge in [-0.3, -0.25) is 0 Å². The molecule has 0 aromatic heterocycles. The highest BCUT2D eigenvalue weighted by Gasteiger charge is 2.21. The number of benzene rings is 4. The number of rotatable bonds is 11. The first-order chi connectivity index (χ1) is 19.6. The summed E-state index contributed by atoms with van der Waals surface area (Å²) in [6.07, 6.45) is 1.40. The Kier molecular flexibility index (Phi) is 8.76. The van der Waals surface area contributed by atoms with Gasteiger partial charge in [-0.15, -0.1) is 0 Å². The number of carboxylic acid groups (broad SMARTS) is 2. The number of anilines is 4. The van der Waals surface area contributed by atoms with Crippen LogP contribution in [0.5, 0.6) is 11.5 Å². The molecule has 0 bridgehead atoms. The van der Waals surface area contributed by atoms with Crippen molar-refractivity contribution in [1.82, 2.24) is 0 Å². The van der Waals surface area contributed by atoms with Gasteiger partial charge in [-0.2, -0.15) is 0 Å². The van der Waals surface area contributed by atoms with Crippen LogP contribution in [0.1, 0.15) is 40.5 Å². The Hall–Kier alpha value is -5.06. The van der Waals surface area contributed by atoms with Crippen LogP contribution in [-0.4, -0.2) is 28.7 Å². The number of carboxylic acids is 2. The molecular weight excluding hydrogens is 544 g/mol. The standard InChI is InChI=1S/C30H24F4N2O5/c1-2-3-12-36(18-5-9-24(32)26(34)14-18)28-11-7-20(16-22(28)30(39)40)41-19-6-10-27(21(15-19)29(37)38)35-17-4-8-23(31)25(33)13-17/h4-11,13-16,35H,2-3,12H2,1H3,(H,37,38)(H,39,40). The topological polar surface area (TPSA) is 99.1 Å². The van der Waals surface area contributed by atoms with Gasteiger partial charge in [0.1, 0.15) is 11.5 Å². The number of carbonyl (C=O) groups is 2. The lowest BCUT2D eigenvalue weighted by Gasteiger charge is -2.27. The minimum atomic E-state index is -1.33. The first-order valence-electron chi connectivity index (χ1n) is 12.4. The summed E-state index contributed by atoms with van der Waals surface area (Å²) in [6.45, 7) is 2.26. The number of nitrogens with zero attached hydrogens (tertiary/aromatic N) is 1. The molecule has 0 amide bonds. The zero-order valence-corrected chi connectivity index (χ0v) is 21.6.